The molecular formula is C18H20N2O. The maximum atomic E-state index is 8.78. The Morgan fingerprint density at radius 1 is 1.10 bits per heavy atom. The van der Waals surface area contributed by atoms with Gasteiger partial charge in [0, 0.05) is 6.04 Å². The van der Waals surface area contributed by atoms with Crippen molar-refractivity contribution >= 4 is 0 Å². The van der Waals surface area contributed by atoms with E-state index in [1.807, 2.05) is 54.6 Å². The van der Waals surface area contributed by atoms with Crippen LogP contribution in [-0.2, 0) is 0 Å². The molecule has 2 aromatic carbocycles. The fourth-order valence-corrected chi connectivity index (χ4v) is 2.06. The SMILES string of the molecule is CC(NCCCOc1ccccc1)c1ccc(C#N)cc1. The molecule has 0 fully saturated rings. The fourth-order valence-electron chi connectivity index (χ4n) is 2.06. The van der Waals surface area contributed by atoms with Gasteiger partial charge in [-0.3, -0.25) is 0 Å². The second-order valence-electron chi connectivity index (χ2n) is 4.92. The van der Waals surface area contributed by atoms with Crippen molar-refractivity contribution in [2.24, 2.45) is 0 Å². The van der Waals surface area contributed by atoms with Gasteiger partial charge in [-0.05, 0) is 49.7 Å². The summed E-state index contributed by atoms with van der Waals surface area (Å²) in [6.07, 6.45) is 0.954. The minimum Gasteiger partial charge on any atom is -0.494 e. The van der Waals surface area contributed by atoms with Crippen molar-refractivity contribution in [1.29, 1.82) is 5.26 Å². The fraction of sp³-hybridized carbons (Fsp3) is 0.278. The molecule has 0 heterocycles. The van der Waals surface area contributed by atoms with Gasteiger partial charge in [-0.25, -0.2) is 0 Å². The summed E-state index contributed by atoms with van der Waals surface area (Å²) in [5.74, 6) is 0.914. The molecule has 1 N–H and O–H groups in total. The van der Waals surface area contributed by atoms with Gasteiger partial charge in [-0.15, -0.1) is 0 Å². The van der Waals surface area contributed by atoms with Crippen LogP contribution in [0, 0.1) is 11.3 Å². The zero-order valence-electron chi connectivity index (χ0n) is 12.3. The molecule has 0 radical (unpaired) electrons. The van der Waals surface area contributed by atoms with Crippen molar-refractivity contribution in [3.63, 3.8) is 0 Å². The van der Waals surface area contributed by atoms with Crippen LogP contribution in [0.15, 0.2) is 54.6 Å². The summed E-state index contributed by atoms with van der Waals surface area (Å²) < 4.78 is 5.65. The van der Waals surface area contributed by atoms with E-state index in [0.717, 1.165) is 18.7 Å². The molecule has 0 saturated carbocycles. The van der Waals surface area contributed by atoms with E-state index < -0.39 is 0 Å². The maximum Gasteiger partial charge on any atom is 0.119 e. The largest absolute Gasteiger partial charge is 0.494 e. The highest BCUT2D eigenvalue weighted by Crippen LogP contribution is 2.13. The van der Waals surface area contributed by atoms with Crippen LogP contribution >= 0.6 is 0 Å². The first-order chi connectivity index (χ1) is 10.3. The van der Waals surface area contributed by atoms with Gasteiger partial charge >= 0.3 is 0 Å². The third-order valence-electron chi connectivity index (χ3n) is 3.32. The highest BCUT2D eigenvalue weighted by molar-refractivity contribution is 5.32. The number of para-hydroxylation sites is 1. The smallest absolute Gasteiger partial charge is 0.119 e. The van der Waals surface area contributed by atoms with Gasteiger partial charge < -0.3 is 10.1 Å². The minimum absolute atomic E-state index is 0.273. The predicted molar refractivity (Wildman–Crippen MR) is 84.1 cm³/mol. The van der Waals surface area contributed by atoms with Crippen LogP contribution < -0.4 is 10.1 Å². The maximum absolute atomic E-state index is 8.78. The molecule has 0 aliphatic heterocycles. The summed E-state index contributed by atoms with van der Waals surface area (Å²) in [6, 6.07) is 20.0. The third-order valence-corrected chi connectivity index (χ3v) is 3.32. The van der Waals surface area contributed by atoms with Crippen LogP contribution in [0.4, 0.5) is 0 Å². The van der Waals surface area contributed by atoms with Crippen molar-refractivity contribution in [1.82, 2.24) is 5.32 Å². The molecule has 0 aromatic heterocycles. The quantitative estimate of drug-likeness (QED) is 0.787. The number of hydrogen-bond acceptors (Lipinski definition) is 3. The lowest BCUT2D eigenvalue weighted by Gasteiger charge is -2.14. The first-order valence-electron chi connectivity index (χ1n) is 7.21. The van der Waals surface area contributed by atoms with Gasteiger partial charge in [0.05, 0.1) is 18.2 Å². The highest BCUT2D eigenvalue weighted by atomic mass is 16.5. The standard InChI is InChI=1S/C18H20N2O/c1-15(17-10-8-16(14-19)9-11-17)20-12-5-13-21-18-6-3-2-4-7-18/h2-4,6-11,15,20H,5,12-13H2,1H3. The molecule has 1 atom stereocenters. The lowest BCUT2D eigenvalue weighted by molar-refractivity contribution is 0.305. The van der Waals surface area contributed by atoms with Crippen LogP contribution in [0.25, 0.3) is 0 Å². The van der Waals surface area contributed by atoms with Crippen LogP contribution in [0.3, 0.4) is 0 Å². The molecule has 2 aromatic rings. The Balaban J connectivity index is 1.67. The van der Waals surface area contributed by atoms with Crippen molar-refractivity contribution in [3.8, 4) is 11.8 Å². The molecule has 3 heteroatoms. The Labute approximate surface area is 126 Å². The number of ether oxygens (including phenoxy) is 1. The van der Waals surface area contributed by atoms with E-state index in [2.05, 4.69) is 18.3 Å². The van der Waals surface area contributed by atoms with Crippen LogP contribution in [-0.4, -0.2) is 13.2 Å². The van der Waals surface area contributed by atoms with Crippen molar-refractivity contribution in [3.05, 3.63) is 65.7 Å². The van der Waals surface area contributed by atoms with Gasteiger partial charge in [0.1, 0.15) is 5.75 Å². The van der Waals surface area contributed by atoms with Crippen molar-refractivity contribution < 1.29 is 4.74 Å². The minimum atomic E-state index is 0.273. The highest BCUT2D eigenvalue weighted by Gasteiger charge is 2.04. The summed E-state index contributed by atoms with van der Waals surface area (Å²) in [6.45, 7) is 3.73. The summed E-state index contributed by atoms with van der Waals surface area (Å²) in [5.41, 5.74) is 1.89. The molecule has 0 saturated heterocycles. The summed E-state index contributed by atoms with van der Waals surface area (Å²) in [7, 11) is 0. The first-order valence-corrected chi connectivity index (χ1v) is 7.21. The molecule has 3 nitrogen and oxygen atoms in total. The lowest BCUT2D eigenvalue weighted by Crippen LogP contribution is -2.21. The number of rotatable bonds is 7. The molecular weight excluding hydrogens is 260 g/mol. The van der Waals surface area contributed by atoms with Crippen LogP contribution in [0.5, 0.6) is 5.75 Å². The zero-order valence-corrected chi connectivity index (χ0v) is 12.3. The second-order valence-corrected chi connectivity index (χ2v) is 4.92. The van der Waals surface area contributed by atoms with Gasteiger partial charge in [-0.2, -0.15) is 5.26 Å². The van der Waals surface area contributed by atoms with E-state index >= 15 is 0 Å². The molecule has 2 rings (SSSR count). The molecule has 0 amide bonds. The third kappa shape index (κ3) is 4.94. The van der Waals surface area contributed by atoms with Crippen LogP contribution in [0.2, 0.25) is 0 Å². The monoisotopic (exact) mass is 280 g/mol. The van der Waals surface area contributed by atoms with E-state index in [1.54, 1.807) is 0 Å². The number of hydrogen-bond donors (Lipinski definition) is 1. The van der Waals surface area contributed by atoms with Crippen LogP contribution in [0.1, 0.15) is 30.5 Å². The van der Waals surface area contributed by atoms with Gasteiger partial charge in [0.25, 0.3) is 0 Å². The normalized spacial score (nSPS) is 11.6. The van der Waals surface area contributed by atoms with E-state index in [4.69, 9.17) is 10.00 Å². The topological polar surface area (TPSA) is 45.0 Å². The number of benzene rings is 2. The molecule has 1 unspecified atom stereocenters. The van der Waals surface area contributed by atoms with Gasteiger partial charge in [0.2, 0.25) is 0 Å². The number of nitrogens with zero attached hydrogens (tertiary/aromatic N) is 1. The summed E-state index contributed by atoms with van der Waals surface area (Å²) in [5, 5.41) is 12.2. The van der Waals surface area contributed by atoms with Gasteiger partial charge in [0.15, 0.2) is 0 Å². The zero-order chi connectivity index (χ0) is 14.9. The molecule has 0 spiro atoms. The molecule has 0 bridgehead atoms. The Bertz CT molecular complexity index is 572. The van der Waals surface area contributed by atoms with Crippen molar-refractivity contribution in [2.45, 2.75) is 19.4 Å². The van der Waals surface area contributed by atoms with Crippen molar-refractivity contribution in [2.75, 3.05) is 13.2 Å². The summed E-state index contributed by atoms with van der Waals surface area (Å²) in [4.78, 5) is 0. The average molecular weight is 280 g/mol. The predicted octanol–water partition coefficient (Wildman–Crippen LogP) is 3.68. The number of nitriles is 1. The Kier molecular flexibility index (Phi) is 5.81. The number of nitrogens with one attached hydrogen (secondary N) is 1. The summed E-state index contributed by atoms with van der Waals surface area (Å²) >= 11 is 0. The average Bonchev–Trinajstić information content (AvgIpc) is 2.55. The molecule has 21 heavy (non-hydrogen) atoms. The van der Waals surface area contributed by atoms with E-state index in [9.17, 15) is 0 Å². The van der Waals surface area contributed by atoms with E-state index in [0.29, 0.717) is 12.2 Å². The van der Waals surface area contributed by atoms with Gasteiger partial charge in [-0.1, -0.05) is 30.3 Å². The Hall–Kier alpha value is -2.31. The molecule has 0 aliphatic rings. The first kappa shape index (κ1) is 15.1. The van der Waals surface area contributed by atoms with E-state index in [-0.39, 0.29) is 6.04 Å². The molecule has 108 valence electrons. The lowest BCUT2D eigenvalue weighted by atomic mass is 10.1. The second kappa shape index (κ2) is 8.08. The van der Waals surface area contributed by atoms with E-state index in [1.165, 1.54) is 5.56 Å². The molecule has 0 aliphatic carbocycles. The Morgan fingerprint density at radius 2 is 1.81 bits per heavy atom. The Morgan fingerprint density at radius 3 is 2.48 bits per heavy atom.